The molecule has 17 heavy (non-hydrogen) atoms. The highest BCUT2D eigenvalue weighted by Gasteiger charge is 2.33. The Morgan fingerprint density at radius 3 is 2.71 bits per heavy atom. The van der Waals surface area contributed by atoms with Gasteiger partial charge in [-0.25, -0.2) is 9.18 Å². The van der Waals surface area contributed by atoms with E-state index in [0.717, 1.165) is 5.56 Å². The lowest BCUT2D eigenvalue weighted by Gasteiger charge is -2.15. The van der Waals surface area contributed by atoms with Gasteiger partial charge in [-0.15, -0.1) is 0 Å². The summed E-state index contributed by atoms with van der Waals surface area (Å²) in [5.41, 5.74) is 0.935. The second kappa shape index (κ2) is 5.17. The van der Waals surface area contributed by atoms with Gasteiger partial charge in [0.1, 0.15) is 12.8 Å². The van der Waals surface area contributed by atoms with Crippen LogP contribution in [0.4, 0.5) is 9.18 Å². The molecule has 0 aromatic heterocycles. The van der Waals surface area contributed by atoms with E-state index in [1.807, 2.05) is 30.3 Å². The zero-order chi connectivity index (χ0) is 12.3. The van der Waals surface area contributed by atoms with Gasteiger partial charge in [-0.3, -0.25) is 0 Å². The number of benzene rings is 1. The van der Waals surface area contributed by atoms with Gasteiger partial charge in [0.2, 0.25) is 0 Å². The Hall–Kier alpha value is -1.58. The van der Waals surface area contributed by atoms with Crippen LogP contribution in [0.1, 0.15) is 12.5 Å². The first kappa shape index (κ1) is 11.9. The van der Waals surface area contributed by atoms with Crippen molar-refractivity contribution in [3.05, 3.63) is 35.9 Å². The summed E-state index contributed by atoms with van der Waals surface area (Å²) in [6, 6.07) is 9.45. The molecule has 1 amide bonds. The Labute approximate surface area is 100 Å². The molecule has 0 radical (unpaired) electrons. The van der Waals surface area contributed by atoms with Crippen LogP contribution in [-0.4, -0.2) is 30.3 Å². The molecule has 4 heteroatoms. The molecule has 1 aliphatic rings. The number of rotatable bonds is 2. The summed E-state index contributed by atoms with van der Waals surface area (Å²) in [6.07, 6.45) is -1.36. The van der Waals surface area contributed by atoms with Crippen LogP contribution in [0.2, 0.25) is 0 Å². The second-order valence-electron chi connectivity index (χ2n) is 4.44. The molecular formula is C13H16FNO2. The van der Waals surface area contributed by atoms with Crippen molar-refractivity contribution in [3.63, 3.8) is 0 Å². The molecule has 0 aliphatic carbocycles. The van der Waals surface area contributed by atoms with E-state index in [-0.39, 0.29) is 19.1 Å². The monoisotopic (exact) mass is 237 g/mol. The maximum absolute atomic E-state index is 13.2. The Morgan fingerprint density at radius 1 is 1.41 bits per heavy atom. The smallest absolute Gasteiger partial charge is 0.410 e. The van der Waals surface area contributed by atoms with E-state index in [0.29, 0.717) is 6.54 Å². The Morgan fingerprint density at radius 2 is 2.12 bits per heavy atom. The fourth-order valence-corrected chi connectivity index (χ4v) is 1.89. The molecule has 1 aliphatic heterocycles. The van der Waals surface area contributed by atoms with E-state index < -0.39 is 12.3 Å². The third-order valence-corrected chi connectivity index (χ3v) is 2.98. The fraction of sp³-hybridized carbons (Fsp3) is 0.462. The lowest BCUT2D eigenvalue weighted by Crippen LogP contribution is -2.29. The van der Waals surface area contributed by atoms with Gasteiger partial charge in [0.25, 0.3) is 0 Å². The second-order valence-corrected chi connectivity index (χ2v) is 4.44. The summed E-state index contributed by atoms with van der Waals surface area (Å²) in [5.74, 6) is -0.0979. The molecule has 1 fully saturated rings. The van der Waals surface area contributed by atoms with E-state index in [9.17, 15) is 9.18 Å². The number of ether oxygens (including phenoxy) is 1. The Balaban J connectivity index is 1.82. The molecule has 2 atom stereocenters. The summed E-state index contributed by atoms with van der Waals surface area (Å²) in [5, 5.41) is 0. The van der Waals surface area contributed by atoms with Gasteiger partial charge in [0.05, 0.1) is 6.54 Å². The number of hydrogen-bond donors (Lipinski definition) is 0. The van der Waals surface area contributed by atoms with Gasteiger partial charge in [-0.05, 0) is 5.56 Å². The predicted molar refractivity (Wildman–Crippen MR) is 62.3 cm³/mol. The summed E-state index contributed by atoms with van der Waals surface area (Å²) in [4.78, 5) is 13.1. The molecule has 1 aromatic carbocycles. The first-order chi connectivity index (χ1) is 8.16. The standard InChI is InChI=1S/C13H16FNO2/c1-10-7-15(8-12(10)14)13(16)17-9-11-5-3-2-4-6-11/h2-6,10,12H,7-9H2,1H3/t10-,12-/m1/s1. The van der Waals surface area contributed by atoms with Crippen LogP contribution >= 0.6 is 0 Å². The number of halogens is 1. The lowest BCUT2D eigenvalue weighted by molar-refractivity contribution is 0.102. The number of hydrogen-bond acceptors (Lipinski definition) is 2. The van der Waals surface area contributed by atoms with Gasteiger partial charge in [0.15, 0.2) is 0 Å². The van der Waals surface area contributed by atoms with Crippen LogP contribution in [0.5, 0.6) is 0 Å². The molecule has 0 N–H and O–H groups in total. The molecule has 0 unspecified atom stereocenters. The summed E-state index contributed by atoms with van der Waals surface area (Å²) in [6.45, 7) is 2.63. The van der Waals surface area contributed by atoms with Crippen molar-refractivity contribution in [2.24, 2.45) is 5.92 Å². The minimum atomic E-state index is -0.931. The van der Waals surface area contributed by atoms with E-state index in [1.165, 1.54) is 4.90 Å². The van der Waals surface area contributed by atoms with Crippen LogP contribution in [0.25, 0.3) is 0 Å². The van der Waals surface area contributed by atoms with Crippen molar-refractivity contribution in [2.45, 2.75) is 19.7 Å². The van der Waals surface area contributed by atoms with Crippen LogP contribution in [0.15, 0.2) is 30.3 Å². The van der Waals surface area contributed by atoms with Crippen molar-refractivity contribution in [1.82, 2.24) is 4.90 Å². The van der Waals surface area contributed by atoms with E-state index >= 15 is 0 Å². The fourth-order valence-electron chi connectivity index (χ4n) is 1.89. The highest BCUT2D eigenvalue weighted by Crippen LogP contribution is 2.20. The first-order valence-corrected chi connectivity index (χ1v) is 5.76. The molecule has 0 bridgehead atoms. The van der Waals surface area contributed by atoms with Gasteiger partial charge in [0, 0.05) is 12.5 Å². The van der Waals surface area contributed by atoms with E-state index in [2.05, 4.69) is 0 Å². The molecule has 1 saturated heterocycles. The quantitative estimate of drug-likeness (QED) is 0.791. The minimum Gasteiger partial charge on any atom is -0.445 e. The molecule has 3 nitrogen and oxygen atoms in total. The number of amides is 1. The van der Waals surface area contributed by atoms with Gasteiger partial charge in [-0.1, -0.05) is 37.3 Å². The third-order valence-electron chi connectivity index (χ3n) is 2.98. The molecule has 0 spiro atoms. The number of carbonyl (C=O) groups excluding carboxylic acids is 1. The van der Waals surface area contributed by atoms with Crippen LogP contribution in [0, 0.1) is 5.92 Å². The van der Waals surface area contributed by atoms with Crippen LogP contribution in [0.3, 0.4) is 0 Å². The molecule has 1 aromatic rings. The summed E-state index contributed by atoms with van der Waals surface area (Å²) >= 11 is 0. The van der Waals surface area contributed by atoms with Crippen LogP contribution in [-0.2, 0) is 11.3 Å². The highest BCUT2D eigenvalue weighted by molar-refractivity contribution is 5.68. The average Bonchev–Trinajstić information content (AvgIpc) is 2.68. The van der Waals surface area contributed by atoms with Gasteiger partial charge >= 0.3 is 6.09 Å². The van der Waals surface area contributed by atoms with Crippen molar-refractivity contribution in [2.75, 3.05) is 13.1 Å². The Kier molecular flexibility index (Phi) is 3.61. The topological polar surface area (TPSA) is 29.5 Å². The number of nitrogens with zero attached hydrogens (tertiary/aromatic N) is 1. The molecule has 92 valence electrons. The maximum atomic E-state index is 13.2. The summed E-state index contributed by atoms with van der Waals surface area (Å²) < 4.78 is 18.4. The van der Waals surface area contributed by atoms with Gasteiger partial charge < -0.3 is 9.64 Å². The van der Waals surface area contributed by atoms with Crippen LogP contribution < -0.4 is 0 Å². The largest absolute Gasteiger partial charge is 0.445 e. The van der Waals surface area contributed by atoms with Crippen molar-refractivity contribution < 1.29 is 13.9 Å². The number of carbonyl (C=O) groups is 1. The molecular weight excluding hydrogens is 221 g/mol. The van der Waals surface area contributed by atoms with E-state index in [4.69, 9.17) is 4.74 Å². The first-order valence-electron chi connectivity index (χ1n) is 5.76. The number of likely N-dealkylation sites (tertiary alicyclic amines) is 1. The molecule has 2 rings (SSSR count). The Bertz CT molecular complexity index is 372. The zero-order valence-electron chi connectivity index (χ0n) is 9.80. The third kappa shape index (κ3) is 2.96. The minimum absolute atomic E-state index is 0.0979. The SMILES string of the molecule is C[C@@H]1CN(C(=O)OCc2ccccc2)C[C@H]1F. The highest BCUT2D eigenvalue weighted by atomic mass is 19.1. The van der Waals surface area contributed by atoms with Crippen molar-refractivity contribution >= 4 is 6.09 Å². The molecule has 1 heterocycles. The van der Waals surface area contributed by atoms with Crippen molar-refractivity contribution in [1.29, 1.82) is 0 Å². The molecule has 0 saturated carbocycles. The van der Waals surface area contributed by atoms with Gasteiger partial charge in [-0.2, -0.15) is 0 Å². The summed E-state index contributed by atoms with van der Waals surface area (Å²) in [7, 11) is 0. The zero-order valence-corrected chi connectivity index (χ0v) is 9.80. The predicted octanol–water partition coefficient (Wildman–Crippen LogP) is 2.61. The average molecular weight is 237 g/mol. The number of alkyl halides is 1. The van der Waals surface area contributed by atoms with Crippen molar-refractivity contribution in [3.8, 4) is 0 Å². The lowest BCUT2D eigenvalue weighted by atomic mass is 10.1. The van der Waals surface area contributed by atoms with E-state index in [1.54, 1.807) is 6.92 Å². The normalized spacial score (nSPS) is 23.8. The maximum Gasteiger partial charge on any atom is 0.410 e.